The van der Waals surface area contributed by atoms with Gasteiger partial charge in [0.25, 0.3) is 0 Å². The standard InChI is InChI=1S/C8H16O/c1-4-8(2,9-3)7-5-6-7/h7H,4-6H2,1-3H3. The summed E-state index contributed by atoms with van der Waals surface area (Å²) >= 11 is 0. The second-order valence-corrected chi connectivity index (χ2v) is 3.14. The largest absolute Gasteiger partial charge is 0.378 e. The van der Waals surface area contributed by atoms with Gasteiger partial charge in [-0.1, -0.05) is 6.92 Å². The summed E-state index contributed by atoms with van der Waals surface area (Å²) in [6, 6.07) is 0. The smallest absolute Gasteiger partial charge is 0.0676 e. The molecule has 54 valence electrons. The van der Waals surface area contributed by atoms with E-state index in [-0.39, 0.29) is 5.60 Å². The fraction of sp³-hybridized carbons (Fsp3) is 1.00. The van der Waals surface area contributed by atoms with Crippen LogP contribution in [0.2, 0.25) is 0 Å². The van der Waals surface area contributed by atoms with Crippen molar-refractivity contribution in [3.63, 3.8) is 0 Å². The Morgan fingerprint density at radius 2 is 2.11 bits per heavy atom. The van der Waals surface area contributed by atoms with Crippen molar-refractivity contribution >= 4 is 0 Å². The molecular weight excluding hydrogens is 112 g/mol. The van der Waals surface area contributed by atoms with Crippen LogP contribution in [-0.4, -0.2) is 12.7 Å². The van der Waals surface area contributed by atoms with Crippen molar-refractivity contribution in [2.45, 2.75) is 38.7 Å². The first-order valence-electron chi connectivity index (χ1n) is 3.78. The Labute approximate surface area is 57.4 Å². The first-order valence-corrected chi connectivity index (χ1v) is 3.78. The summed E-state index contributed by atoms with van der Waals surface area (Å²) in [6.45, 7) is 4.41. The van der Waals surface area contributed by atoms with Gasteiger partial charge in [0, 0.05) is 7.11 Å². The van der Waals surface area contributed by atoms with Gasteiger partial charge in [-0.15, -0.1) is 0 Å². The van der Waals surface area contributed by atoms with E-state index < -0.39 is 0 Å². The Morgan fingerprint density at radius 1 is 1.56 bits per heavy atom. The Kier molecular flexibility index (Phi) is 1.80. The highest BCUT2D eigenvalue weighted by atomic mass is 16.5. The van der Waals surface area contributed by atoms with Gasteiger partial charge in [0.2, 0.25) is 0 Å². The molecular formula is C8H16O. The van der Waals surface area contributed by atoms with Gasteiger partial charge in [0.15, 0.2) is 0 Å². The first-order chi connectivity index (χ1) is 4.23. The molecule has 1 fully saturated rings. The van der Waals surface area contributed by atoms with Crippen LogP contribution in [-0.2, 0) is 4.74 Å². The molecule has 1 unspecified atom stereocenters. The molecule has 1 atom stereocenters. The van der Waals surface area contributed by atoms with Crippen molar-refractivity contribution in [3.8, 4) is 0 Å². The predicted molar refractivity (Wildman–Crippen MR) is 38.4 cm³/mol. The highest BCUT2D eigenvalue weighted by molar-refractivity contribution is 4.91. The molecule has 1 aliphatic rings. The molecule has 0 aliphatic heterocycles. The van der Waals surface area contributed by atoms with Gasteiger partial charge in [-0.3, -0.25) is 0 Å². The molecule has 0 spiro atoms. The molecule has 0 bridgehead atoms. The average molecular weight is 128 g/mol. The van der Waals surface area contributed by atoms with E-state index in [9.17, 15) is 0 Å². The van der Waals surface area contributed by atoms with Gasteiger partial charge in [-0.05, 0) is 32.1 Å². The number of methoxy groups -OCH3 is 1. The molecule has 1 aliphatic carbocycles. The lowest BCUT2D eigenvalue weighted by atomic mass is 9.97. The van der Waals surface area contributed by atoms with Crippen molar-refractivity contribution < 1.29 is 4.74 Å². The minimum atomic E-state index is 0.194. The summed E-state index contributed by atoms with van der Waals surface area (Å²) in [5, 5.41) is 0. The first kappa shape index (κ1) is 7.07. The number of ether oxygens (including phenoxy) is 1. The van der Waals surface area contributed by atoms with Crippen molar-refractivity contribution in [2.75, 3.05) is 7.11 Å². The number of hydrogen-bond donors (Lipinski definition) is 0. The summed E-state index contributed by atoms with van der Waals surface area (Å²) in [7, 11) is 1.82. The number of hydrogen-bond acceptors (Lipinski definition) is 1. The van der Waals surface area contributed by atoms with Gasteiger partial charge >= 0.3 is 0 Å². The topological polar surface area (TPSA) is 9.23 Å². The Bertz CT molecular complexity index is 90.7. The SMILES string of the molecule is CCC(C)(OC)C1CC1. The monoisotopic (exact) mass is 128 g/mol. The van der Waals surface area contributed by atoms with Crippen LogP contribution in [0.1, 0.15) is 33.1 Å². The number of rotatable bonds is 3. The van der Waals surface area contributed by atoms with E-state index in [2.05, 4.69) is 13.8 Å². The van der Waals surface area contributed by atoms with Crippen LogP contribution < -0.4 is 0 Å². The quantitative estimate of drug-likeness (QED) is 0.566. The van der Waals surface area contributed by atoms with Crippen molar-refractivity contribution in [1.29, 1.82) is 0 Å². The highest BCUT2D eigenvalue weighted by Gasteiger charge is 2.39. The second-order valence-electron chi connectivity index (χ2n) is 3.14. The van der Waals surface area contributed by atoms with Crippen LogP contribution in [0.15, 0.2) is 0 Å². The van der Waals surface area contributed by atoms with E-state index in [1.807, 2.05) is 7.11 Å². The van der Waals surface area contributed by atoms with Crippen LogP contribution in [0, 0.1) is 5.92 Å². The van der Waals surface area contributed by atoms with E-state index in [1.165, 1.54) is 12.8 Å². The lowest BCUT2D eigenvalue weighted by molar-refractivity contribution is -0.0161. The van der Waals surface area contributed by atoms with Crippen LogP contribution >= 0.6 is 0 Å². The summed E-state index contributed by atoms with van der Waals surface area (Å²) in [5.74, 6) is 0.854. The molecule has 1 nitrogen and oxygen atoms in total. The average Bonchev–Trinajstić information content (AvgIpc) is 2.68. The highest BCUT2D eigenvalue weighted by Crippen LogP contribution is 2.43. The van der Waals surface area contributed by atoms with E-state index in [0.717, 1.165) is 12.3 Å². The van der Waals surface area contributed by atoms with Gasteiger partial charge in [0.1, 0.15) is 0 Å². The van der Waals surface area contributed by atoms with Gasteiger partial charge in [0.05, 0.1) is 5.60 Å². The maximum atomic E-state index is 5.41. The fourth-order valence-corrected chi connectivity index (χ4v) is 1.29. The lowest BCUT2D eigenvalue weighted by Gasteiger charge is -2.26. The third-order valence-corrected chi connectivity index (χ3v) is 2.61. The van der Waals surface area contributed by atoms with Crippen LogP contribution in [0.25, 0.3) is 0 Å². The summed E-state index contributed by atoms with van der Waals surface area (Å²) in [4.78, 5) is 0. The zero-order valence-corrected chi connectivity index (χ0v) is 6.61. The second kappa shape index (κ2) is 2.30. The fourth-order valence-electron chi connectivity index (χ4n) is 1.29. The summed E-state index contributed by atoms with van der Waals surface area (Å²) in [6.07, 6.45) is 3.89. The minimum absolute atomic E-state index is 0.194. The third kappa shape index (κ3) is 1.26. The van der Waals surface area contributed by atoms with E-state index in [4.69, 9.17) is 4.74 Å². The Balaban J connectivity index is 2.43. The molecule has 1 rings (SSSR count). The van der Waals surface area contributed by atoms with Crippen molar-refractivity contribution in [2.24, 2.45) is 5.92 Å². The van der Waals surface area contributed by atoms with Crippen molar-refractivity contribution in [3.05, 3.63) is 0 Å². The maximum Gasteiger partial charge on any atom is 0.0676 e. The summed E-state index contributed by atoms with van der Waals surface area (Å²) < 4.78 is 5.41. The van der Waals surface area contributed by atoms with E-state index in [1.54, 1.807) is 0 Å². The zero-order chi connectivity index (χ0) is 6.91. The normalized spacial score (nSPS) is 25.7. The molecule has 0 saturated heterocycles. The maximum absolute atomic E-state index is 5.41. The molecule has 9 heavy (non-hydrogen) atoms. The third-order valence-electron chi connectivity index (χ3n) is 2.61. The molecule has 0 aromatic carbocycles. The molecule has 0 N–H and O–H groups in total. The van der Waals surface area contributed by atoms with Gasteiger partial charge < -0.3 is 4.74 Å². The predicted octanol–water partition coefficient (Wildman–Crippen LogP) is 2.21. The molecule has 0 amide bonds. The van der Waals surface area contributed by atoms with E-state index in [0.29, 0.717) is 0 Å². The summed E-state index contributed by atoms with van der Waals surface area (Å²) in [5.41, 5.74) is 0.194. The molecule has 0 aromatic heterocycles. The molecule has 0 heterocycles. The van der Waals surface area contributed by atoms with E-state index >= 15 is 0 Å². The van der Waals surface area contributed by atoms with Crippen molar-refractivity contribution in [1.82, 2.24) is 0 Å². The van der Waals surface area contributed by atoms with Crippen LogP contribution in [0.5, 0.6) is 0 Å². The lowest BCUT2D eigenvalue weighted by Crippen LogP contribution is -2.28. The molecule has 1 heteroatoms. The minimum Gasteiger partial charge on any atom is -0.378 e. The molecule has 1 saturated carbocycles. The van der Waals surface area contributed by atoms with Crippen LogP contribution in [0.3, 0.4) is 0 Å². The Hall–Kier alpha value is -0.0400. The zero-order valence-electron chi connectivity index (χ0n) is 6.61. The molecule has 0 radical (unpaired) electrons. The molecule has 0 aromatic rings. The van der Waals surface area contributed by atoms with Gasteiger partial charge in [-0.2, -0.15) is 0 Å². The van der Waals surface area contributed by atoms with Gasteiger partial charge in [-0.25, -0.2) is 0 Å². The van der Waals surface area contributed by atoms with Crippen LogP contribution in [0.4, 0.5) is 0 Å². The Morgan fingerprint density at radius 3 is 2.22 bits per heavy atom.